The zero-order valence-corrected chi connectivity index (χ0v) is 12.7. The normalized spacial score (nSPS) is 17.6. The Labute approximate surface area is 125 Å². The molecule has 2 rings (SSSR count). The second-order valence-electron chi connectivity index (χ2n) is 5.15. The summed E-state index contributed by atoms with van der Waals surface area (Å²) < 4.78 is 18.9. The molecule has 0 saturated carbocycles. The molecule has 0 bridgehead atoms. The molecule has 1 aromatic rings. The minimum absolute atomic E-state index is 0.153. The average molecular weight is 294 g/mol. The molecule has 21 heavy (non-hydrogen) atoms. The van der Waals surface area contributed by atoms with Gasteiger partial charge in [0.05, 0.1) is 12.3 Å². The Morgan fingerprint density at radius 3 is 2.48 bits per heavy atom. The Bertz CT molecular complexity index is 473. The Morgan fingerprint density at radius 1 is 1.24 bits per heavy atom. The summed E-state index contributed by atoms with van der Waals surface area (Å²) in [5.41, 5.74) is 0.640. The van der Waals surface area contributed by atoms with E-state index in [1.807, 2.05) is 24.8 Å². The molecule has 0 spiro atoms. The summed E-state index contributed by atoms with van der Waals surface area (Å²) in [4.78, 5) is 16.1. The Hall–Kier alpha value is -1.62. The maximum atomic E-state index is 13.8. The molecule has 0 amide bonds. The number of ether oxygens (including phenoxy) is 1. The van der Waals surface area contributed by atoms with Crippen molar-refractivity contribution in [2.45, 2.75) is 26.3 Å². The quantitative estimate of drug-likeness (QED) is 0.780. The van der Waals surface area contributed by atoms with Crippen LogP contribution in [0.1, 0.15) is 20.3 Å². The van der Waals surface area contributed by atoms with E-state index in [9.17, 15) is 9.18 Å². The number of carbonyl (C=O) groups is 1. The largest absolute Gasteiger partial charge is 0.465 e. The molecule has 0 aliphatic carbocycles. The molecule has 1 aromatic carbocycles. The first-order valence-corrected chi connectivity index (χ1v) is 7.57. The summed E-state index contributed by atoms with van der Waals surface area (Å²) in [6.07, 6.45) is 0.735. The molecule has 0 N–H and O–H groups in total. The van der Waals surface area contributed by atoms with E-state index in [2.05, 4.69) is 4.90 Å². The molecule has 1 atom stereocenters. The van der Waals surface area contributed by atoms with Crippen molar-refractivity contribution in [1.82, 2.24) is 4.90 Å². The molecule has 0 radical (unpaired) electrons. The maximum absolute atomic E-state index is 13.8. The number of nitrogens with zero attached hydrogens (tertiary/aromatic N) is 2. The van der Waals surface area contributed by atoms with Crippen molar-refractivity contribution in [3.8, 4) is 0 Å². The van der Waals surface area contributed by atoms with Gasteiger partial charge in [0.15, 0.2) is 0 Å². The van der Waals surface area contributed by atoms with Crippen LogP contribution in [0.2, 0.25) is 0 Å². The Balaban J connectivity index is 1.96. The molecule has 4 nitrogen and oxygen atoms in total. The van der Waals surface area contributed by atoms with Crippen LogP contribution in [-0.4, -0.2) is 49.7 Å². The van der Waals surface area contributed by atoms with Gasteiger partial charge in [-0.2, -0.15) is 0 Å². The lowest BCUT2D eigenvalue weighted by Gasteiger charge is -2.39. The summed E-state index contributed by atoms with van der Waals surface area (Å²) in [6, 6.07) is 6.64. The highest BCUT2D eigenvalue weighted by atomic mass is 19.1. The van der Waals surface area contributed by atoms with Gasteiger partial charge in [-0.3, -0.25) is 9.69 Å². The maximum Gasteiger partial charge on any atom is 0.323 e. The van der Waals surface area contributed by atoms with Gasteiger partial charge in [0.1, 0.15) is 11.9 Å². The van der Waals surface area contributed by atoms with Crippen molar-refractivity contribution in [3.63, 3.8) is 0 Å². The lowest BCUT2D eigenvalue weighted by atomic mass is 10.1. The van der Waals surface area contributed by atoms with Crippen LogP contribution < -0.4 is 4.90 Å². The monoisotopic (exact) mass is 294 g/mol. The van der Waals surface area contributed by atoms with E-state index >= 15 is 0 Å². The summed E-state index contributed by atoms with van der Waals surface area (Å²) in [5, 5.41) is 0. The summed E-state index contributed by atoms with van der Waals surface area (Å²) >= 11 is 0. The van der Waals surface area contributed by atoms with Gasteiger partial charge in [-0.25, -0.2) is 4.39 Å². The van der Waals surface area contributed by atoms with E-state index < -0.39 is 0 Å². The van der Waals surface area contributed by atoms with Crippen LogP contribution in [0.5, 0.6) is 0 Å². The number of esters is 1. The van der Waals surface area contributed by atoms with Gasteiger partial charge in [-0.1, -0.05) is 19.1 Å². The van der Waals surface area contributed by atoms with Crippen molar-refractivity contribution in [2.24, 2.45) is 0 Å². The number of halogens is 1. The standard InChI is InChI=1S/C16H23FN2O2/c1-3-14(16(20)21-4-2)18-9-11-19(12-10-18)15-8-6-5-7-13(15)17/h5-8,14H,3-4,9-12H2,1-2H3. The topological polar surface area (TPSA) is 32.8 Å². The van der Waals surface area contributed by atoms with Crippen molar-refractivity contribution in [2.75, 3.05) is 37.7 Å². The van der Waals surface area contributed by atoms with Gasteiger partial charge in [0, 0.05) is 26.2 Å². The van der Waals surface area contributed by atoms with Crippen LogP contribution in [-0.2, 0) is 9.53 Å². The van der Waals surface area contributed by atoms with Crippen molar-refractivity contribution < 1.29 is 13.9 Å². The van der Waals surface area contributed by atoms with E-state index in [1.54, 1.807) is 12.1 Å². The number of hydrogen-bond acceptors (Lipinski definition) is 4. The van der Waals surface area contributed by atoms with E-state index in [-0.39, 0.29) is 17.8 Å². The molecule has 5 heteroatoms. The SMILES string of the molecule is CCOC(=O)C(CC)N1CCN(c2ccccc2F)CC1. The van der Waals surface area contributed by atoms with E-state index in [1.165, 1.54) is 6.07 Å². The van der Waals surface area contributed by atoms with Crippen LogP contribution in [0.15, 0.2) is 24.3 Å². The lowest BCUT2D eigenvalue weighted by molar-refractivity contribution is -0.149. The fraction of sp³-hybridized carbons (Fsp3) is 0.562. The Kier molecular flexibility index (Phi) is 5.56. The molecule has 1 unspecified atom stereocenters. The van der Waals surface area contributed by atoms with Crippen molar-refractivity contribution in [3.05, 3.63) is 30.1 Å². The van der Waals surface area contributed by atoms with Gasteiger partial charge in [0.25, 0.3) is 0 Å². The molecule has 1 fully saturated rings. The predicted molar refractivity (Wildman–Crippen MR) is 80.9 cm³/mol. The number of rotatable bonds is 5. The third-order valence-electron chi connectivity index (χ3n) is 3.89. The first-order chi connectivity index (χ1) is 10.2. The first kappa shape index (κ1) is 15.8. The van der Waals surface area contributed by atoms with E-state index in [4.69, 9.17) is 4.74 Å². The number of anilines is 1. The van der Waals surface area contributed by atoms with Gasteiger partial charge >= 0.3 is 5.97 Å². The highest BCUT2D eigenvalue weighted by Crippen LogP contribution is 2.21. The molecule has 116 valence electrons. The second-order valence-corrected chi connectivity index (χ2v) is 5.15. The molecule has 1 heterocycles. The number of benzene rings is 1. The van der Waals surface area contributed by atoms with E-state index in [0.29, 0.717) is 12.3 Å². The molecule has 0 aromatic heterocycles. The van der Waals surface area contributed by atoms with Gasteiger partial charge in [0.2, 0.25) is 0 Å². The van der Waals surface area contributed by atoms with Crippen LogP contribution in [0.3, 0.4) is 0 Å². The number of piperazine rings is 1. The van der Waals surface area contributed by atoms with Crippen molar-refractivity contribution >= 4 is 11.7 Å². The zero-order chi connectivity index (χ0) is 15.2. The first-order valence-electron chi connectivity index (χ1n) is 7.57. The lowest BCUT2D eigenvalue weighted by Crippen LogP contribution is -2.53. The molecular weight excluding hydrogens is 271 g/mol. The van der Waals surface area contributed by atoms with Gasteiger partial charge in [-0.05, 0) is 25.5 Å². The van der Waals surface area contributed by atoms with Crippen LogP contribution in [0.25, 0.3) is 0 Å². The van der Waals surface area contributed by atoms with Crippen LogP contribution in [0, 0.1) is 5.82 Å². The molecular formula is C16H23FN2O2. The minimum Gasteiger partial charge on any atom is -0.465 e. The predicted octanol–water partition coefficient (Wildman–Crippen LogP) is 2.29. The molecule has 1 aliphatic rings. The van der Waals surface area contributed by atoms with Gasteiger partial charge in [-0.15, -0.1) is 0 Å². The van der Waals surface area contributed by atoms with Gasteiger partial charge < -0.3 is 9.64 Å². The summed E-state index contributed by atoms with van der Waals surface area (Å²) in [6.45, 7) is 7.14. The highest BCUT2D eigenvalue weighted by Gasteiger charge is 2.29. The van der Waals surface area contributed by atoms with Crippen molar-refractivity contribution in [1.29, 1.82) is 0 Å². The minimum atomic E-state index is -0.191. The summed E-state index contributed by atoms with van der Waals surface area (Å²) in [7, 11) is 0. The summed E-state index contributed by atoms with van der Waals surface area (Å²) in [5.74, 6) is -0.345. The number of hydrogen-bond donors (Lipinski definition) is 0. The third-order valence-corrected chi connectivity index (χ3v) is 3.89. The number of para-hydroxylation sites is 1. The number of carbonyl (C=O) groups excluding carboxylic acids is 1. The van der Waals surface area contributed by atoms with Crippen LogP contribution in [0.4, 0.5) is 10.1 Å². The molecule has 1 saturated heterocycles. The fourth-order valence-electron chi connectivity index (χ4n) is 2.80. The molecule has 1 aliphatic heterocycles. The fourth-order valence-corrected chi connectivity index (χ4v) is 2.80. The highest BCUT2D eigenvalue weighted by molar-refractivity contribution is 5.75. The van der Waals surface area contributed by atoms with Crippen LogP contribution >= 0.6 is 0 Å². The Morgan fingerprint density at radius 2 is 1.90 bits per heavy atom. The third kappa shape index (κ3) is 3.73. The zero-order valence-electron chi connectivity index (χ0n) is 12.7. The average Bonchev–Trinajstić information content (AvgIpc) is 2.50. The smallest absolute Gasteiger partial charge is 0.323 e. The second kappa shape index (κ2) is 7.41. The van der Waals surface area contributed by atoms with E-state index in [0.717, 1.165) is 32.6 Å².